The van der Waals surface area contributed by atoms with Crippen molar-refractivity contribution < 1.29 is 9.53 Å². The molecule has 3 heterocycles. The number of carbonyl (C=O) groups is 1. The molecule has 1 amide bonds. The molecule has 8 nitrogen and oxygen atoms in total. The number of ether oxygens (including phenoxy) is 1. The summed E-state index contributed by atoms with van der Waals surface area (Å²) in [6.45, 7) is 5.95. The number of carbonyl (C=O) groups excluding carboxylic acids is 1. The molecule has 2 aliphatic heterocycles. The number of rotatable bonds is 5. The Kier molecular flexibility index (Phi) is 6.57. The van der Waals surface area contributed by atoms with Crippen LogP contribution < -0.4 is 9.64 Å². The zero-order valence-electron chi connectivity index (χ0n) is 20.7. The van der Waals surface area contributed by atoms with Crippen LogP contribution in [0.1, 0.15) is 29.3 Å². The van der Waals surface area contributed by atoms with Crippen LogP contribution in [0.4, 0.5) is 5.82 Å². The highest BCUT2D eigenvalue weighted by molar-refractivity contribution is 5.87. The van der Waals surface area contributed by atoms with Crippen LogP contribution in [0, 0.1) is 11.3 Å². The third-order valence-electron chi connectivity index (χ3n) is 7.31. The second kappa shape index (κ2) is 9.96. The van der Waals surface area contributed by atoms with Crippen LogP contribution in [0.15, 0.2) is 55.1 Å². The highest BCUT2D eigenvalue weighted by Gasteiger charge is 2.35. The van der Waals surface area contributed by atoms with Gasteiger partial charge in [0.15, 0.2) is 0 Å². The highest BCUT2D eigenvalue weighted by atomic mass is 16.5. The molecule has 1 saturated heterocycles. The van der Waals surface area contributed by atoms with Crippen LogP contribution in [0.2, 0.25) is 0 Å². The maximum absolute atomic E-state index is 12.4. The molecule has 2 aliphatic rings. The standard InChI is InChI=1S/C28H30N6O2/c1-4-26(35)34-15-14-33(17-20(34)12-13-29)27-23-18-32(2)25(16-24(23)30-28(31-27)36-3)22-11-7-9-19-8-5-6-10-21(19)22/h4-11,20,25H,1,12,14-18H2,2-3H3. The van der Waals surface area contributed by atoms with E-state index in [-0.39, 0.29) is 24.4 Å². The lowest BCUT2D eigenvalue weighted by molar-refractivity contribution is -0.128. The van der Waals surface area contributed by atoms with E-state index in [2.05, 4.69) is 72.0 Å². The number of amides is 1. The monoisotopic (exact) mass is 482 g/mol. The van der Waals surface area contributed by atoms with Crippen molar-refractivity contribution in [1.29, 1.82) is 5.26 Å². The number of nitriles is 1. The Labute approximate surface area is 211 Å². The number of nitrogens with zero attached hydrogens (tertiary/aromatic N) is 6. The molecular formula is C28H30N6O2. The van der Waals surface area contributed by atoms with Gasteiger partial charge in [-0.1, -0.05) is 49.0 Å². The van der Waals surface area contributed by atoms with Crippen molar-refractivity contribution >= 4 is 22.5 Å². The third kappa shape index (κ3) is 4.27. The molecule has 0 bridgehead atoms. The molecule has 2 atom stereocenters. The molecule has 0 spiro atoms. The Bertz CT molecular complexity index is 1340. The van der Waals surface area contributed by atoms with E-state index in [1.807, 2.05) is 0 Å². The first-order chi connectivity index (χ1) is 17.5. The average molecular weight is 483 g/mol. The van der Waals surface area contributed by atoms with Gasteiger partial charge in [-0.2, -0.15) is 15.2 Å². The fourth-order valence-corrected chi connectivity index (χ4v) is 5.50. The maximum Gasteiger partial charge on any atom is 0.318 e. The molecule has 0 saturated carbocycles. The minimum Gasteiger partial charge on any atom is -0.467 e. The molecule has 0 N–H and O–H groups in total. The number of hydrogen-bond acceptors (Lipinski definition) is 7. The van der Waals surface area contributed by atoms with E-state index in [9.17, 15) is 10.1 Å². The summed E-state index contributed by atoms with van der Waals surface area (Å²) in [5.74, 6) is 0.684. The van der Waals surface area contributed by atoms with E-state index >= 15 is 0 Å². The molecule has 5 rings (SSSR count). The summed E-state index contributed by atoms with van der Waals surface area (Å²) in [5, 5.41) is 11.9. The van der Waals surface area contributed by atoms with Crippen molar-refractivity contribution in [3.8, 4) is 12.1 Å². The Morgan fingerprint density at radius 2 is 2.03 bits per heavy atom. The van der Waals surface area contributed by atoms with Gasteiger partial charge in [-0.25, -0.2) is 0 Å². The topological polar surface area (TPSA) is 85.6 Å². The molecule has 36 heavy (non-hydrogen) atoms. The van der Waals surface area contributed by atoms with Gasteiger partial charge in [0.2, 0.25) is 5.91 Å². The van der Waals surface area contributed by atoms with E-state index in [1.165, 1.54) is 22.4 Å². The smallest absolute Gasteiger partial charge is 0.318 e. The zero-order valence-corrected chi connectivity index (χ0v) is 20.7. The van der Waals surface area contributed by atoms with Crippen LogP contribution in [-0.2, 0) is 17.8 Å². The van der Waals surface area contributed by atoms with Gasteiger partial charge in [-0.3, -0.25) is 9.69 Å². The summed E-state index contributed by atoms with van der Waals surface area (Å²) in [7, 11) is 3.73. The van der Waals surface area contributed by atoms with Crippen LogP contribution in [0.25, 0.3) is 10.8 Å². The second-order valence-electron chi connectivity index (χ2n) is 9.36. The summed E-state index contributed by atoms with van der Waals surface area (Å²) in [6, 6.07) is 17.5. The number of hydrogen-bond donors (Lipinski definition) is 0. The normalized spacial score (nSPS) is 20.0. The molecular weight excluding hydrogens is 452 g/mol. The van der Waals surface area contributed by atoms with E-state index in [0.717, 1.165) is 23.5 Å². The predicted molar refractivity (Wildman–Crippen MR) is 139 cm³/mol. The first-order valence-electron chi connectivity index (χ1n) is 12.2. The molecule has 0 aliphatic carbocycles. The largest absolute Gasteiger partial charge is 0.467 e. The van der Waals surface area contributed by atoms with Gasteiger partial charge in [-0.15, -0.1) is 0 Å². The fraction of sp³-hybridized carbons (Fsp3) is 0.357. The van der Waals surface area contributed by atoms with Gasteiger partial charge in [0.1, 0.15) is 5.82 Å². The highest BCUT2D eigenvalue weighted by Crippen LogP contribution is 2.38. The van der Waals surface area contributed by atoms with Crippen LogP contribution in [-0.4, -0.2) is 65.5 Å². The first-order valence-corrected chi connectivity index (χ1v) is 12.2. The van der Waals surface area contributed by atoms with Crippen LogP contribution in [0.3, 0.4) is 0 Å². The van der Waals surface area contributed by atoms with Gasteiger partial charge < -0.3 is 14.5 Å². The number of anilines is 1. The minimum atomic E-state index is -0.226. The molecule has 0 radical (unpaired) electrons. The lowest BCUT2D eigenvalue weighted by Gasteiger charge is -2.42. The lowest BCUT2D eigenvalue weighted by atomic mass is 9.90. The number of aromatic nitrogens is 2. The summed E-state index contributed by atoms with van der Waals surface area (Å²) in [5.41, 5.74) is 3.34. The first kappa shape index (κ1) is 23.8. The predicted octanol–water partition coefficient (Wildman–Crippen LogP) is 3.48. The van der Waals surface area contributed by atoms with Crippen molar-refractivity contribution in [1.82, 2.24) is 19.8 Å². The maximum atomic E-state index is 12.4. The van der Waals surface area contributed by atoms with Crippen molar-refractivity contribution in [2.24, 2.45) is 0 Å². The SMILES string of the molecule is C=CC(=O)N1CCN(c2nc(OC)nc3c2CN(C)C(c2cccc4ccccc24)C3)CC1CC#N. The summed E-state index contributed by atoms with van der Waals surface area (Å²) < 4.78 is 5.51. The Morgan fingerprint density at radius 1 is 1.22 bits per heavy atom. The van der Waals surface area contributed by atoms with Gasteiger partial charge in [-0.05, 0) is 29.5 Å². The Balaban J connectivity index is 1.50. The summed E-state index contributed by atoms with van der Waals surface area (Å²) in [4.78, 5) is 28.2. The van der Waals surface area contributed by atoms with Gasteiger partial charge in [0.25, 0.3) is 0 Å². The van der Waals surface area contributed by atoms with Crippen molar-refractivity contribution in [2.45, 2.75) is 31.5 Å². The minimum absolute atomic E-state index is 0.144. The lowest BCUT2D eigenvalue weighted by Crippen LogP contribution is -2.55. The van der Waals surface area contributed by atoms with Crippen LogP contribution >= 0.6 is 0 Å². The number of piperazine rings is 1. The van der Waals surface area contributed by atoms with E-state index in [0.29, 0.717) is 32.2 Å². The Hall–Kier alpha value is -3.96. The molecule has 3 aromatic rings. The quantitative estimate of drug-likeness (QED) is 0.515. The third-order valence-corrected chi connectivity index (χ3v) is 7.31. The van der Waals surface area contributed by atoms with Crippen molar-refractivity contribution in [2.75, 3.05) is 38.7 Å². The molecule has 1 fully saturated rings. The molecule has 2 unspecified atom stereocenters. The van der Waals surface area contributed by atoms with Gasteiger partial charge in [0.05, 0.1) is 31.3 Å². The molecule has 2 aromatic carbocycles. The van der Waals surface area contributed by atoms with Crippen molar-refractivity contribution in [3.05, 3.63) is 71.9 Å². The number of methoxy groups -OCH3 is 1. The molecule has 1 aromatic heterocycles. The zero-order chi connectivity index (χ0) is 25.2. The van der Waals surface area contributed by atoms with E-state index in [1.54, 1.807) is 12.0 Å². The van der Waals surface area contributed by atoms with Gasteiger partial charge >= 0.3 is 6.01 Å². The van der Waals surface area contributed by atoms with Crippen LogP contribution in [0.5, 0.6) is 6.01 Å². The average Bonchev–Trinajstić information content (AvgIpc) is 2.91. The number of benzene rings is 2. The van der Waals surface area contributed by atoms with E-state index < -0.39 is 0 Å². The molecule has 184 valence electrons. The number of likely N-dealkylation sites (N-methyl/N-ethyl adjacent to an activating group) is 1. The fourth-order valence-electron chi connectivity index (χ4n) is 5.50. The Morgan fingerprint density at radius 3 is 2.81 bits per heavy atom. The van der Waals surface area contributed by atoms with Gasteiger partial charge in [0, 0.05) is 44.2 Å². The number of fused-ring (bicyclic) bond motifs is 2. The molecule has 8 heteroatoms. The summed E-state index contributed by atoms with van der Waals surface area (Å²) >= 11 is 0. The second-order valence-corrected chi connectivity index (χ2v) is 9.36. The summed E-state index contributed by atoms with van der Waals surface area (Å²) in [6.07, 6.45) is 2.31. The van der Waals surface area contributed by atoms with E-state index in [4.69, 9.17) is 14.7 Å². The van der Waals surface area contributed by atoms with Crippen molar-refractivity contribution in [3.63, 3.8) is 0 Å².